The zero-order valence-corrected chi connectivity index (χ0v) is 20.1. The molecular weight excluding hydrogens is 472 g/mol. The lowest BCUT2D eigenvalue weighted by Gasteiger charge is -2.29. The molecule has 1 aliphatic rings. The number of hydrogen-bond donors (Lipinski definition) is 1. The molecule has 34 heavy (non-hydrogen) atoms. The molecule has 0 unspecified atom stereocenters. The Morgan fingerprint density at radius 3 is 2.47 bits per heavy atom. The highest BCUT2D eigenvalue weighted by atomic mass is 35.5. The minimum atomic E-state index is -0.561. The van der Waals surface area contributed by atoms with Crippen molar-refractivity contribution >= 4 is 52.5 Å². The maximum Gasteiger partial charge on any atom is 0.270 e. The van der Waals surface area contributed by atoms with Crippen molar-refractivity contribution in [3.63, 3.8) is 0 Å². The third kappa shape index (κ3) is 4.95. The van der Waals surface area contributed by atoms with Crippen LogP contribution in [0.2, 0.25) is 5.02 Å². The zero-order chi connectivity index (χ0) is 24.2. The van der Waals surface area contributed by atoms with Crippen molar-refractivity contribution in [2.75, 3.05) is 12.0 Å². The molecule has 1 fully saturated rings. The number of thiocarbonyl (C=S) groups is 1. The average Bonchev–Trinajstić information content (AvgIpc) is 2.82. The van der Waals surface area contributed by atoms with Gasteiger partial charge < -0.3 is 9.47 Å². The predicted octanol–water partition coefficient (Wildman–Crippen LogP) is 5.07. The van der Waals surface area contributed by atoms with Gasteiger partial charge in [0.15, 0.2) is 5.11 Å². The fraction of sp³-hybridized carbons (Fsp3) is 0.115. The van der Waals surface area contributed by atoms with E-state index in [0.29, 0.717) is 22.0 Å². The summed E-state index contributed by atoms with van der Waals surface area (Å²) in [6.45, 7) is 2.23. The first-order valence-electron chi connectivity index (χ1n) is 10.4. The van der Waals surface area contributed by atoms with E-state index in [1.807, 2.05) is 37.3 Å². The second-order valence-corrected chi connectivity index (χ2v) is 8.38. The second-order valence-electron chi connectivity index (χ2n) is 7.56. The van der Waals surface area contributed by atoms with E-state index in [2.05, 4.69) is 5.32 Å². The highest BCUT2D eigenvalue weighted by Gasteiger charge is 2.34. The zero-order valence-electron chi connectivity index (χ0n) is 18.5. The van der Waals surface area contributed by atoms with E-state index in [1.54, 1.807) is 43.5 Å². The van der Waals surface area contributed by atoms with Gasteiger partial charge in [-0.2, -0.15) is 0 Å². The van der Waals surface area contributed by atoms with Crippen LogP contribution in [0, 0.1) is 6.92 Å². The monoisotopic (exact) mass is 492 g/mol. The topological polar surface area (TPSA) is 67.9 Å². The number of benzene rings is 3. The maximum atomic E-state index is 13.2. The Hall–Kier alpha value is -3.68. The van der Waals surface area contributed by atoms with Crippen molar-refractivity contribution in [1.82, 2.24) is 5.32 Å². The largest absolute Gasteiger partial charge is 0.496 e. The highest BCUT2D eigenvalue weighted by molar-refractivity contribution is 7.80. The van der Waals surface area contributed by atoms with Gasteiger partial charge in [-0.25, -0.2) is 0 Å². The van der Waals surface area contributed by atoms with E-state index >= 15 is 0 Å². The molecule has 4 rings (SSSR count). The molecule has 2 amide bonds. The summed E-state index contributed by atoms with van der Waals surface area (Å²) in [7, 11) is 1.58. The summed E-state index contributed by atoms with van der Waals surface area (Å²) < 4.78 is 11.4. The molecule has 0 bridgehead atoms. The van der Waals surface area contributed by atoms with Crippen LogP contribution in [0.5, 0.6) is 11.5 Å². The molecule has 1 N–H and O–H groups in total. The van der Waals surface area contributed by atoms with Gasteiger partial charge >= 0.3 is 0 Å². The number of halogens is 1. The summed E-state index contributed by atoms with van der Waals surface area (Å²) in [4.78, 5) is 27.1. The van der Waals surface area contributed by atoms with Crippen LogP contribution < -0.4 is 19.7 Å². The quantitative estimate of drug-likeness (QED) is 0.296. The fourth-order valence-corrected chi connectivity index (χ4v) is 3.93. The molecule has 1 heterocycles. The molecule has 172 valence electrons. The van der Waals surface area contributed by atoms with Crippen molar-refractivity contribution in [2.24, 2.45) is 0 Å². The van der Waals surface area contributed by atoms with E-state index in [9.17, 15) is 9.59 Å². The number of hydrogen-bond acceptors (Lipinski definition) is 5. The van der Waals surface area contributed by atoms with E-state index in [-0.39, 0.29) is 17.3 Å². The van der Waals surface area contributed by atoms with Crippen LogP contribution in [-0.2, 0) is 16.2 Å². The van der Waals surface area contributed by atoms with Crippen LogP contribution >= 0.6 is 23.8 Å². The summed E-state index contributed by atoms with van der Waals surface area (Å²) >= 11 is 11.2. The molecule has 3 aromatic carbocycles. The molecular formula is C26H21ClN2O4S. The number of carbonyl (C=O) groups is 2. The Labute approximate surface area is 207 Å². The predicted molar refractivity (Wildman–Crippen MR) is 136 cm³/mol. The standard InChI is InChI=1S/C26H21ClN2O4S/c1-16-5-3-4-6-22(16)33-15-18-13-17(7-12-23(18)32-2)14-21-24(30)28-26(34)29(25(21)31)20-10-8-19(27)9-11-20/h3-14H,15H2,1-2H3,(H,28,30,34)/b21-14-. The minimum Gasteiger partial charge on any atom is -0.496 e. The Morgan fingerprint density at radius 1 is 1.03 bits per heavy atom. The molecule has 0 atom stereocenters. The van der Waals surface area contributed by atoms with Crippen molar-refractivity contribution in [3.8, 4) is 11.5 Å². The van der Waals surface area contributed by atoms with Gasteiger partial charge in [0.25, 0.3) is 11.8 Å². The third-order valence-electron chi connectivity index (χ3n) is 5.28. The Morgan fingerprint density at radius 2 is 1.76 bits per heavy atom. The molecule has 1 aliphatic heterocycles. The molecule has 8 heteroatoms. The van der Waals surface area contributed by atoms with E-state index in [4.69, 9.17) is 33.3 Å². The van der Waals surface area contributed by atoms with Crippen LogP contribution in [0.1, 0.15) is 16.7 Å². The minimum absolute atomic E-state index is 0.0107. The van der Waals surface area contributed by atoms with Gasteiger partial charge in [-0.3, -0.25) is 19.8 Å². The van der Waals surface area contributed by atoms with Gasteiger partial charge in [-0.15, -0.1) is 0 Å². The number of rotatable bonds is 6. The fourth-order valence-electron chi connectivity index (χ4n) is 3.52. The number of carbonyl (C=O) groups excluding carboxylic acids is 2. The Kier molecular flexibility index (Phi) is 6.95. The molecule has 0 spiro atoms. The van der Waals surface area contributed by atoms with Gasteiger partial charge in [0.05, 0.1) is 12.8 Å². The van der Waals surface area contributed by atoms with Crippen molar-refractivity contribution in [3.05, 3.63) is 94.0 Å². The Balaban J connectivity index is 1.64. The smallest absolute Gasteiger partial charge is 0.270 e. The van der Waals surface area contributed by atoms with Crippen LogP contribution in [0.15, 0.2) is 72.3 Å². The molecule has 3 aromatic rings. The van der Waals surface area contributed by atoms with Crippen LogP contribution in [0.3, 0.4) is 0 Å². The molecule has 1 saturated heterocycles. The molecule has 0 radical (unpaired) electrons. The highest BCUT2D eigenvalue weighted by Crippen LogP contribution is 2.27. The number of amides is 2. The SMILES string of the molecule is COc1ccc(/C=C2/C(=O)NC(=S)N(c3ccc(Cl)cc3)C2=O)cc1COc1ccccc1C. The number of methoxy groups -OCH3 is 1. The Bertz CT molecular complexity index is 1300. The molecule has 0 aliphatic carbocycles. The van der Waals surface area contributed by atoms with Crippen LogP contribution in [0.25, 0.3) is 6.08 Å². The summed E-state index contributed by atoms with van der Waals surface area (Å²) in [6.07, 6.45) is 1.53. The van der Waals surface area contributed by atoms with Gasteiger partial charge in [-0.05, 0) is 78.8 Å². The average molecular weight is 493 g/mol. The van der Waals surface area contributed by atoms with Crippen molar-refractivity contribution in [2.45, 2.75) is 13.5 Å². The van der Waals surface area contributed by atoms with Crippen LogP contribution in [-0.4, -0.2) is 24.0 Å². The molecule has 0 aromatic heterocycles. The number of nitrogens with one attached hydrogen (secondary N) is 1. The van der Waals surface area contributed by atoms with E-state index in [1.165, 1.54) is 11.0 Å². The molecule has 6 nitrogen and oxygen atoms in total. The summed E-state index contributed by atoms with van der Waals surface area (Å²) in [5.41, 5.74) is 2.90. The number of nitrogens with zero attached hydrogens (tertiary/aromatic N) is 1. The van der Waals surface area contributed by atoms with E-state index < -0.39 is 11.8 Å². The number of anilines is 1. The molecule has 0 saturated carbocycles. The summed E-state index contributed by atoms with van der Waals surface area (Å²) in [5, 5.41) is 3.12. The van der Waals surface area contributed by atoms with E-state index in [0.717, 1.165) is 16.9 Å². The first-order valence-corrected chi connectivity index (χ1v) is 11.2. The second kappa shape index (κ2) is 10.1. The number of para-hydroxylation sites is 1. The van der Waals surface area contributed by atoms with Crippen molar-refractivity contribution in [1.29, 1.82) is 0 Å². The van der Waals surface area contributed by atoms with Crippen LogP contribution in [0.4, 0.5) is 5.69 Å². The summed E-state index contributed by atoms with van der Waals surface area (Å²) in [6, 6.07) is 19.7. The lowest BCUT2D eigenvalue weighted by Crippen LogP contribution is -2.54. The lowest BCUT2D eigenvalue weighted by atomic mass is 10.0. The normalized spacial score (nSPS) is 14.9. The third-order valence-corrected chi connectivity index (χ3v) is 5.82. The van der Waals surface area contributed by atoms with Gasteiger partial charge in [0.1, 0.15) is 23.7 Å². The van der Waals surface area contributed by atoms with Crippen molar-refractivity contribution < 1.29 is 19.1 Å². The maximum absolute atomic E-state index is 13.2. The van der Waals surface area contributed by atoms with Gasteiger partial charge in [-0.1, -0.05) is 35.9 Å². The lowest BCUT2D eigenvalue weighted by molar-refractivity contribution is -0.122. The first-order chi connectivity index (χ1) is 16.4. The number of aryl methyl sites for hydroxylation is 1. The first kappa shape index (κ1) is 23.5. The number of ether oxygens (including phenoxy) is 2. The summed E-state index contributed by atoms with van der Waals surface area (Å²) in [5.74, 6) is 0.319. The van der Waals surface area contributed by atoms with Gasteiger partial charge in [0, 0.05) is 10.6 Å². The van der Waals surface area contributed by atoms with Gasteiger partial charge in [0.2, 0.25) is 0 Å².